The Labute approximate surface area is 118 Å². The van der Waals surface area contributed by atoms with Crippen molar-refractivity contribution in [3.05, 3.63) is 65.9 Å². The fourth-order valence-corrected chi connectivity index (χ4v) is 2.53. The zero-order valence-electron chi connectivity index (χ0n) is 11.5. The summed E-state index contributed by atoms with van der Waals surface area (Å²) in [5.41, 5.74) is 2.01. The lowest BCUT2D eigenvalue weighted by Crippen LogP contribution is -2.23. The second kappa shape index (κ2) is 5.10. The molecule has 2 aromatic carbocycles. The average Bonchev–Trinajstić information content (AvgIpc) is 2.91. The molecule has 0 aliphatic heterocycles. The van der Waals surface area contributed by atoms with Crippen molar-refractivity contribution in [3.63, 3.8) is 0 Å². The van der Waals surface area contributed by atoms with E-state index in [0.29, 0.717) is 6.42 Å². The van der Waals surface area contributed by atoms with E-state index in [1.807, 2.05) is 49.4 Å². The maximum Gasteiger partial charge on any atom is 0.104 e. The number of hydrogen-bond acceptors (Lipinski definition) is 2. The van der Waals surface area contributed by atoms with E-state index in [1.54, 1.807) is 0 Å². The van der Waals surface area contributed by atoms with Gasteiger partial charge in [0.2, 0.25) is 0 Å². The molecule has 3 heteroatoms. The predicted molar refractivity (Wildman–Crippen MR) is 80.4 cm³/mol. The quantitative estimate of drug-likeness (QED) is 0.760. The maximum atomic E-state index is 10.8. The van der Waals surface area contributed by atoms with Crippen molar-refractivity contribution in [1.29, 1.82) is 0 Å². The van der Waals surface area contributed by atoms with Crippen LogP contribution in [0.4, 0.5) is 0 Å². The van der Waals surface area contributed by atoms with Gasteiger partial charge in [-0.15, -0.1) is 0 Å². The van der Waals surface area contributed by atoms with Crippen LogP contribution in [0, 0.1) is 0 Å². The second-order valence-electron chi connectivity index (χ2n) is 5.38. The Balaban J connectivity index is 1.84. The molecule has 0 radical (unpaired) electrons. The first-order valence-corrected chi connectivity index (χ1v) is 6.87. The number of nitrogens with one attached hydrogen (secondary N) is 1. The lowest BCUT2D eigenvalue weighted by Gasteiger charge is -2.22. The summed E-state index contributed by atoms with van der Waals surface area (Å²) in [6.07, 6.45) is 1.49. The lowest BCUT2D eigenvalue weighted by atomic mass is 9.92. The van der Waals surface area contributed by atoms with Crippen molar-refractivity contribution in [2.75, 3.05) is 0 Å². The third-order valence-corrected chi connectivity index (χ3v) is 3.74. The highest BCUT2D eigenvalue weighted by Gasteiger charge is 2.27. The molecule has 2 N–H and O–H groups in total. The number of fused-ring (bicyclic) bond motifs is 1. The predicted octanol–water partition coefficient (Wildman–Crippen LogP) is 3.40. The van der Waals surface area contributed by atoms with E-state index in [-0.39, 0.29) is 0 Å². The van der Waals surface area contributed by atoms with Crippen LogP contribution < -0.4 is 0 Å². The molecule has 0 fully saturated rings. The van der Waals surface area contributed by atoms with E-state index in [2.05, 4.69) is 22.3 Å². The Kier molecular flexibility index (Phi) is 3.28. The summed E-state index contributed by atoms with van der Waals surface area (Å²) in [4.78, 5) is 0. The molecule has 102 valence electrons. The molecule has 0 bridgehead atoms. The molecule has 1 heterocycles. The topological polar surface area (TPSA) is 48.9 Å². The van der Waals surface area contributed by atoms with Gasteiger partial charge in [-0.3, -0.25) is 5.10 Å². The van der Waals surface area contributed by atoms with Crippen LogP contribution in [0.1, 0.15) is 24.6 Å². The van der Waals surface area contributed by atoms with Crippen LogP contribution in [0.3, 0.4) is 0 Å². The van der Waals surface area contributed by atoms with Gasteiger partial charge in [-0.25, -0.2) is 0 Å². The van der Waals surface area contributed by atoms with Gasteiger partial charge in [0.15, 0.2) is 0 Å². The molecule has 0 aliphatic carbocycles. The molecule has 3 aromatic rings. The van der Waals surface area contributed by atoms with Gasteiger partial charge in [0, 0.05) is 5.39 Å². The van der Waals surface area contributed by atoms with E-state index in [0.717, 1.165) is 23.0 Å². The summed E-state index contributed by atoms with van der Waals surface area (Å²) in [7, 11) is 0. The number of benzene rings is 2. The Morgan fingerprint density at radius 1 is 1.05 bits per heavy atom. The number of rotatable bonds is 4. The Bertz CT molecular complexity index is 701. The van der Waals surface area contributed by atoms with Gasteiger partial charge >= 0.3 is 0 Å². The number of para-hydroxylation sites is 1. The zero-order valence-corrected chi connectivity index (χ0v) is 11.5. The summed E-state index contributed by atoms with van der Waals surface area (Å²) in [5.74, 6) is 0. The SMILES string of the molecule is CC(O)(CCc1ccccc1)c1[nH]nc2ccccc12. The standard InChI is InChI=1S/C17H18N2O/c1-17(20,12-11-13-7-3-2-4-8-13)16-14-9-5-6-10-15(14)18-19-16/h2-10,20H,11-12H2,1H3,(H,18,19). The van der Waals surface area contributed by atoms with Crippen LogP contribution in [0.15, 0.2) is 54.6 Å². The Morgan fingerprint density at radius 2 is 1.75 bits per heavy atom. The van der Waals surface area contributed by atoms with Crippen molar-refractivity contribution in [2.45, 2.75) is 25.4 Å². The van der Waals surface area contributed by atoms with E-state index in [4.69, 9.17) is 0 Å². The fourth-order valence-electron chi connectivity index (χ4n) is 2.53. The highest BCUT2D eigenvalue weighted by Crippen LogP contribution is 2.30. The number of H-pyrrole nitrogens is 1. The van der Waals surface area contributed by atoms with Gasteiger partial charge in [0.25, 0.3) is 0 Å². The van der Waals surface area contributed by atoms with Gasteiger partial charge < -0.3 is 5.11 Å². The molecule has 0 amide bonds. The third kappa shape index (κ3) is 2.45. The molecule has 3 rings (SSSR count). The summed E-state index contributed by atoms with van der Waals surface area (Å²) >= 11 is 0. The minimum atomic E-state index is -0.911. The van der Waals surface area contributed by atoms with Crippen molar-refractivity contribution < 1.29 is 5.11 Å². The summed E-state index contributed by atoms with van der Waals surface area (Å²) < 4.78 is 0. The van der Waals surface area contributed by atoms with Crippen LogP contribution >= 0.6 is 0 Å². The second-order valence-corrected chi connectivity index (χ2v) is 5.38. The Hall–Kier alpha value is -2.13. The lowest BCUT2D eigenvalue weighted by molar-refractivity contribution is 0.0449. The fraction of sp³-hybridized carbons (Fsp3) is 0.235. The molecule has 0 saturated carbocycles. The van der Waals surface area contributed by atoms with Gasteiger partial charge in [0.1, 0.15) is 5.60 Å². The summed E-state index contributed by atoms with van der Waals surface area (Å²) in [6.45, 7) is 1.84. The number of hydrogen-bond donors (Lipinski definition) is 2. The molecule has 1 unspecified atom stereocenters. The van der Waals surface area contributed by atoms with Crippen LogP contribution in [0.5, 0.6) is 0 Å². The van der Waals surface area contributed by atoms with Gasteiger partial charge in [0.05, 0.1) is 11.2 Å². The normalized spacial score (nSPS) is 14.3. The maximum absolute atomic E-state index is 10.8. The number of aryl methyl sites for hydroxylation is 1. The Morgan fingerprint density at radius 3 is 2.55 bits per heavy atom. The van der Waals surface area contributed by atoms with Gasteiger partial charge in [-0.2, -0.15) is 5.10 Å². The zero-order chi connectivity index (χ0) is 14.0. The van der Waals surface area contributed by atoms with E-state index >= 15 is 0 Å². The van der Waals surface area contributed by atoms with Crippen molar-refractivity contribution in [2.24, 2.45) is 0 Å². The molecular weight excluding hydrogens is 248 g/mol. The van der Waals surface area contributed by atoms with E-state index in [1.165, 1.54) is 5.56 Å². The van der Waals surface area contributed by atoms with Crippen LogP contribution in [-0.4, -0.2) is 15.3 Å². The van der Waals surface area contributed by atoms with Crippen molar-refractivity contribution in [3.8, 4) is 0 Å². The number of aliphatic hydroxyl groups is 1. The summed E-state index contributed by atoms with van der Waals surface area (Å²) in [5, 5.41) is 19.0. The largest absolute Gasteiger partial charge is 0.384 e. The van der Waals surface area contributed by atoms with Crippen LogP contribution in [0.2, 0.25) is 0 Å². The molecule has 3 nitrogen and oxygen atoms in total. The molecule has 20 heavy (non-hydrogen) atoms. The van der Waals surface area contributed by atoms with E-state index in [9.17, 15) is 5.11 Å². The minimum absolute atomic E-state index is 0.656. The van der Waals surface area contributed by atoms with E-state index < -0.39 is 5.60 Å². The first-order valence-electron chi connectivity index (χ1n) is 6.87. The molecular formula is C17H18N2O. The van der Waals surface area contributed by atoms with Crippen molar-refractivity contribution >= 4 is 10.9 Å². The molecule has 0 aliphatic rings. The number of aromatic amines is 1. The molecule has 1 atom stereocenters. The number of aromatic nitrogens is 2. The van der Waals surface area contributed by atoms with Crippen LogP contribution in [-0.2, 0) is 12.0 Å². The minimum Gasteiger partial charge on any atom is -0.384 e. The molecule has 1 aromatic heterocycles. The first-order chi connectivity index (χ1) is 9.67. The average molecular weight is 266 g/mol. The first kappa shape index (κ1) is 12.9. The monoisotopic (exact) mass is 266 g/mol. The van der Waals surface area contributed by atoms with Crippen molar-refractivity contribution in [1.82, 2.24) is 10.2 Å². The highest BCUT2D eigenvalue weighted by molar-refractivity contribution is 5.81. The van der Waals surface area contributed by atoms with Crippen LogP contribution in [0.25, 0.3) is 10.9 Å². The summed E-state index contributed by atoms with van der Waals surface area (Å²) in [6, 6.07) is 18.1. The third-order valence-electron chi connectivity index (χ3n) is 3.74. The van der Waals surface area contributed by atoms with Gasteiger partial charge in [-0.1, -0.05) is 48.5 Å². The number of nitrogens with zero attached hydrogens (tertiary/aromatic N) is 1. The molecule has 0 saturated heterocycles. The van der Waals surface area contributed by atoms with Gasteiger partial charge in [-0.05, 0) is 31.4 Å². The highest BCUT2D eigenvalue weighted by atomic mass is 16.3. The smallest absolute Gasteiger partial charge is 0.104 e. The molecule has 0 spiro atoms.